The third-order valence-electron chi connectivity index (χ3n) is 5.68. The average molecular weight is 470 g/mol. The maximum Gasteiger partial charge on any atom is 0.248 e. The van der Waals surface area contributed by atoms with E-state index in [4.69, 9.17) is 9.26 Å². The van der Waals surface area contributed by atoms with Gasteiger partial charge in [0.1, 0.15) is 16.3 Å². The highest BCUT2D eigenvalue weighted by molar-refractivity contribution is 7.89. The van der Waals surface area contributed by atoms with Crippen LogP contribution in [0.4, 0.5) is 5.69 Å². The van der Waals surface area contributed by atoms with Crippen LogP contribution in [0.3, 0.4) is 0 Å². The van der Waals surface area contributed by atoms with Gasteiger partial charge in [0.05, 0.1) is 11.6 Å². The Morgan fingerprint density at radius 3 is 2.67 bits per heavy atom. The summed E-state index contributed by atoms with van der Waals surface area (Å²) >= 11 is 0. The third-order valence-corrected chi connectivity index (χ3v) is 7.79. The highest BCUT2D eigenvalue weighted by Crippen LogP contribution is 2.32. The molecule has 0 bridgehead atoms. The molecule has 1 atom stereocenters. The number of carbonyl (C=O) groups excluding carboxylic acids is 1. The molecule has 1 fully saturated rings. The molecule has 1 aliphatic rings. The second kappa shape index (κ2) is 9.36. The highest BCUT2D eigenvalue weighted by atomic mass is 32.2. The molecule has 1 aliphatic heterocycles. The number of para-hydroxylation sites is 2. The Kier molecular flexibility index (Phi) is 6.53. The lowest BCUT2D eigenvalue weighted by Gasteiger charge is -2.31. The first kappa shape index (κ1) is 23.0. The predicted molar refractivity (Wildman–Crippen MR) is 124 cm³/mol. The number of carbonyl (C=O) groups is 1. The van der Waals surface area contributed by atoms with Crippen LogP contribution in [0, 0.1) is 26.7 Å². The summed E-state index contributed by atoms with van der Waals surface area (Å²) in [5.74, 6) is 0.717. The smallest absolute Gasteiger partial charge is 0.248 e. The monoisotopic (exact) mass is 469 g/mol. The van der Waals surface area contributed by atoms with Crippen molar-refractivity contribution in [3.05, 3.63) is 65.5 Å². The molecule has 0 saturated carbocycles. The minimum Gasteiger partial charge on any atom is -0.455 e. The van der Waals surface area contributed by atoms with E-state index in [0.717, 1.165) is 5.56 Å². The Labute approximate surface area is 193 Å². The summed E-state index contributed by atoms with van der Waals surface area (Å²) in [6.07, 6.45) is 1.18. The molecule has 9 heteroatoms. The molecule has 2 heterocycles. The molecule has 0 spiro atoms. The van der Waals surface area contributed by atoms with E-state index in [1.165, 1.54) is 4.31 Å². The first-order chi connectivity index (χ1) is 15.8. The van der Waals surface area contributed by atoms with Crippen LogP contribution >= 0.6 is 0 Å². The quantitative estimate of drug-likeness (QED) is 0.573. The number of nitrogens with one attached hydrogen (secondary N) is 1. The van der Waals surface area contributed by atoms with Gasteiger partial charge in [0.2, 0.25) is 15.9 Å². The number of hydrogen-bond donors (Lipinski definition) is 1. The lowest BCUT2D eigenvalue weighted by Crippen LogP contribution is -2.43. The molecular weight excluding hydrogens is 442 g/mol. The first-order valence-corrected chi connectivity index (χ1v) is 12.3. The fourth-order valence-electron chi connectivity index (χ4n) is 4.05. The fraction of sp³-hybridized carbons (Fsp3) is 0.333. The second-order valence-corrected chi connectivity index (χ2v) is 10.1. The van der Waals surface area contributed by atoms with Gasteiger partial charge in [-0.1, -0.05) is 29.4 Å². The van der Waals surface area contributed by atoms with Gasteiger partial charge in [-0.25, -0.2) is 8.42 Å². The van der Waals surface area contributed by atoms with Gasteiger partial charge in [-0.15, -0.1) is 0 Å². The Morgan fingerprint density at radius 1 is 1.15 bits per heavy atom. The van der Waals surface area contributed by atoms with Gasteiger partial charge < -0.3 is 14.6 Å². The number of ether oxygens (including phenoxy) is 1. The molecule has 3 aromatic rings. The Morgan fingerprint density at radius 2 is 1.94 bits per heavy atom. The molecule has 8 nitrogen and oxygen atoms in total. The van der Waals surface area contributed by atoms with E-state index in [-0.39, 0.29) is 23.1 Å². The number of hydrogen-bond acceptors (Lipinski definition) is 6. The zero-order valence-electron chi connectivity index (χ0n) is 18.9. The van der Waals surface area contributed by atoms with Crippen molar-refractivity contribution < 1.29 is 22.5 Å². The van der Waals surface area contributed by atoms with Crippen molar-refractivity contribution in [3.63, 3.8) is 0 Å². The molecule has 33 heavy (non-hydrogen) atoms. The topological polar surface area (TPSA) is 102 Å². The maximum atomic E-state index is 13.2. The lowest BCUT2D eigenvalue weighted by molar-refractivity contribution is -0.120. The number of aryl methyl sites for hydroxylation is 3. The van der Waals surface area contributed by atoms with E-state index < -0.39 is 15.9 Å². The summed E-state index contributed by atoms with van der Waals surface area (Å²) in [4.78, 5) is 13.2. The van der Waals surface area contributed by atoms with Crippen molar-refractivity contribution in [2.45, 2.75) is 38.5 Å². The summed E-state index contributed by atoms with van der Waals surface area (Å²) in [5.41, 5.74) is 1.92. The Bertz CT molecular complexity index is 1250. The van der Waals surface area contributed by atoms with Crippen LogP contribution in [0.2, 0.25) is 0 Å². The molecule has 1 aromatic heterocycles. The number of aromatic nitrogens is 1. The number of nitrogens with zero attached hydrogens (tertiary/aromatic N) is 2. The molecule has 1 N–H and O–H groups in total. The lowest BCUT2D eigenvalue weighted by atomic mass is 9.98. The summed E-state index contributed by atoms with van der Waals surface area (Å²) in [6, 6.07) is 14.8. The van der Waals surface area contributed by atoms with Crippen molar-refractivity contribution in [2.75, 3.05) is 18.4 Å². The van der Waals surface area contributed by atoms with Crippen molar-refractivity contribution in [1.29, 1.82) is 0 Å². The summed E-state index contributed by atoms with van der Waals surface area (Å²) in [7, 11) is -3.80. The molecule has 1 unspecified atom stereocenters. The van der Waals surface area contributed by atoms with Gasteiger partial charge in [0.25, 0.3) is 0 Å². The largest absolute Gasteiger partial charge is 0.455 e. The van der Waals surface area contributed by atoms with Gasteiger partial charge in [-0.05, 0) is 63.4 Å². The molecule has 0 aliphatic carbocycles. The van der Waals surface area contributed by atoms with E-state index in [1.54, 1.807) is 26.0 Å². The van der Waals surface area contributed by atoms with Gasteiger partial charge in [0, 0.05) is 13.1 Å². The third kappa shape index (κ3) is 4.94. The summed E-state index contributed by atoms with van der Waals surface area (Å²) in [6.45, 7) is 5.60. The highest BCUT2D eigenvalue weighted by Gasteiger charge is 2.36. The number of piperidine rings is 1. The van der Waals surface area contributed by atoms with E-state index in [9.17, 15) is 13.2 Å². The van der Waals surface area contributed by atoms with Crippen LogP contribution in [-0.4, -0.2) is 36.9 Å². The van der Waals surface area contributed by atoms with Gasteiger partial charge in [0.15, 0.2) is 11.5 Å². The van der Waals surface area contributed by atoms with Crippen LogP contribution < -0.4 is 10.1 Å². The summed E-state index contributed by atoms with van der Waals surface area (Å²) < 4.78 is 38.7. The minimum atomic E-state index is -3.80. The minimum absolute atomic E-state index is 0.0838. The molecule has 0 radical (unpaired) electrons. The van der Waals surface area contributed by atoms with Gasteiger partial charge in [-0.3, -0.25) is 4.79 Å². The average Bonchev–Trinajstić information content (AvgIpc) is 3.14. The fourth-order valence-corrected chi connectivity index (χ4v) is 5.86. The van der Waals surface area contributed by atoms with Crippen LogP contribution in [0.5, 0.6) is 11.5 Å². The van der Waals surface area contributed by atoms with Crippen LogP contribution in [-0.2, 0) is 14.8 Å². The number of sulfonamides is 1. The Balaban J connectivity index is 1.49. The van der Waals surface area contributed by atoms with Gasteiger partial charge in [-0.2, -0.15) is 4.31 Å². The standard InChI is InChI=1S/C24H27N3O5S/c1-16-8-6-10-20(14-16)31-22-12-5-4-11-21(22)25-24(28)19-9-7-13-27(15-19)33(29,30)23-17(2)26-32-18(23)3/h4-6,8,10-12,14,19H,7,9,13,15H2,1-3H3,(H,25,28). The predicted octanol–water partition coefficient (Wildman–Crippen LogP) is 4.43. The Hall–Kier alpha value is -3.17. The number of rotatable bonds is 6. The van der Waals surface area contributed by atoms with Crippen LogP contribution in [0.25, 0.3) is 0 Å². The maximum absolute atomic E-state index is 13.2. The van der Waals surface area contributed by atoms with Crippen molar-refractivity contribution >= 4 is 21.6 Å². The van der Waals surface area contributed by atoms with Crippen LogP contribution in [0.15, 0.2) is 57.9 Å². The second-order valence-electron chi connectivity index (χ2n) is 8.26. The first-order valence-electron chi connectivity index (χ1n) is 10.8. The zero-order chi connectivity index (χ0) is 23.6. The normalized spacial score (nSPS) is 17.0. The van der Waals surface area contributed by atoms with Crippen molar-refractivity contribution in [2.24, 2.45) is 5.92 Å². The van der Waals surface area contributed by atoms with E-state index in [1.807, 2.05) is 43.3 Å². The van der Waals surface area contributed by atoms with Crippen molar-refractivity contribution in [3.8, 4) is 11.5 Å². The number of amides is 1. The van der Waals surface area contributed by atoms with Gasteiger partial charge >= 0.3 is 0 Å². The molecular formula is C24H27N3O5S. The summed E-state index contributed by atoms with van der Waals surface area (Å²) in [5, 5.41) is 6.69. The van der Waals surface area contributed by atoms with E-state index in [2.05, 4.69) is 10.5 Å². The molecule has 1 saturated heterocycles. The number of anilines is 1. The zero-order valence-corrected chi connectivity index (χ0v) is 19.7. The molecule has 2 aromatic carbocycles. The SMILES string of the molecule is Cc1cccc(Oc2ccccc2NC(=O)C2CCCN(S(=O)(=O)c3c(C)noc3C)C2)c1. The number of benzene rings is 2. The molecule has 174 valence electrons. The van der Waals surface area contributed by atoms with Crippen molar-refractivity contribution in [1.82, 2.24) is 9.46 Å². The van der Waals surface area contributed by atoms with E-state index in [0.29, 0.717) is 42.3 Å². The molecule has 1 amide bonds. The van der Waals surface area contributed by atoms with E-state index >= 15 is 0 Å². The van der Waals surface area contributed by atoms with Crippen LogP contribution in [0.1, 0.15) is 29.9 Å². The molecule has 4 rings (SSSR count).